The van der Waals surface area contributed by atoms with Crippen molar-refractivity contribution in [2.75, 3.05) is 0 Å². The van der Waals surface area contributed by atoms with E-state index in [2.05, 4.69) is 0 Å². The molecule has 0 amide bonds. The molecule has 1 fully saturated rings. The van der Waals surface area contributed by atoms with E-state index in [1.807, 2.05) is 0 Å². The SMILES string of the molecule is O=C(O)CCCCCCCCCC1(C(=O)O)CCCCCCCC1. The Balaban J connectivity index is 2.20. The summed E-state index contributed by atoms with van der Waals surface area (Å²) >= 11 is 0. The first kappa shape index (κ1) is 21.0. The molecule has 4 nitrogen and oxygen atoms in total. The number of carbonyl (C=O) groups is 2. The summed E-state index contributed by atoms with van der Waals surface area (Å²) in [4.78, 5) is 22.3. The lowest BCUT2D eigenvalue weighted by Crippen LogP contribution is -2.31. The van der Waals surface area contributed by atoms with Crippen LogP contribution in [0.15, 0.2) is 0 Å². The number of aliphatic carboxylic acids is 2. The lowest BCUT2D eigenvalue weighted by Gasteiger charge is -2.29. The van der Waals surface area contributed by atoms with Gasteiger partial charge in [-0.25, -0.2) is 0 Å². The topological polar surface area (TPSA) is 74.6 Å². The first-order valence-electron chi connectivity index (χ1n) is 10.0. The van der Waals surface area contributed by atoms with Crippen LogP contribution in [0.1, 0.15) is 109 Å². The number of hydrogen-bond donors (Lipinski definition) is 2. The third-order valence-corrected chi connectivity index (χ3v) is 5.56. The van der Waals surface area contributed by atoms with Crippen LogP contribution in [-0.4, -0.2) is 22.2 Å². The summed E-state index contributed by atoms with van der Waals surface area (Å²) < 4.78 is 0. The molecule has 1 saturated carbocycles. The minimum absolute atomic E-state index is 0.279. The zero-order valence-electron chi connectivity index (χ0n) is 15.2. The zero-order valence-corrected chi connectivity index (χ0v) is 15.2. The molecule has 0 radical (unpaired) electrons. The summed E-state index contributed by atoms with van der Waals surface area (Å²) in [5.41, 5.74) is -0.466. The number of carboxylic acid groups (broad SMARTS) is 2. The van der Waals surface area contributed by atoms with E-state index < -0.39 is 17.4 Å². The van der Waals surface area contributed by atoms with Crippen LogP contribution in [0, 0.1) is 5.41 Å². The van der Waals surface area contributed by atoms with Gasteiger partial charge in [0.15, 0.2) is 0 Å². The van der Waals surface area contributed by atoms with Gasteiger partial charge in [-0.05, 0) is 25.7 Å². The molecule has 1 aliphatic carbocycles. The Morgan fingerprint density at radius 1 is 0.667 bits per heavy atom. The molecule has 0 spiro atoms. The van der Waals surface area contributed by atoms with E-state index in [1.54, 1.807) is 0 Å². The van der Waals surface area contributed by atoms with Gasteiger partial charge in [0.25, 0.3) is 0 Å². The molecule has 4 heteroatoms. The van der Waals surface area contributed by atoms with Crippen LogP contribution in [0.2, 0.25) is 0 Å². The highest BCUT2D eigenvalue weighted by molar-refractivity contribution is 5.74. The van der Waals surface area contributed by atoms with Crippen molar-refractivity contribution in [1.82, 2.24) is 0 Å². The third kappa shape index (κ3) is 8.70. The lowest BCUT2D eigenvalue weighted by atomic mass is 9.74. The van der Waals surface area contributed by atoms with Crippen LogP contribution in [0.5, 0.6) is 0 Å². The summed E-state index contributed by atoms with van der Waals surface area (Å²) in [6.07, 6.45) is 17.1. The highest BCUT2D eigenvalue weighted by atomic mass is 16.4. The summed E-state index contributed by atoms with van der Waals surface area (Å²) in [6.45, 7) is 0. The van der Waals surface area contributed by atoms with E-state index in [0.29, 0.717) is 0 Å². The van der Waals surface area contributed by atoms with Crippen LogP contribution in [0.25, 0.3) is 0 Å². The Hall–Kier alpha value is -1.06. The minimum atomic E-state index is -0.705. The molecule has 0 atom stereocenters. The molecule has 0 bridgehead atoms. The van der Waals surface area contributed by atoms with Gasteiger partial charge in [-0.3, -0.25) is 9.59 Å². The zero-order chi connectivity index (χ0) is 17.7. The predicted molar refractivity (Wildman–Crippen MR) is 96.2 cm³/mol. The molecule has 0 aromatic heterocycles. The molecule has 0 saturated heterocycles. The van der Waals surface area contributed by atoms with Gasteiger partial charge in [0.2, 0.25) is 0 Å². The van der Waals surface area contributed by atoms with Crippen molar-refractivity contribution >= 4 is 11.9 Å². The smallest absolute Gasteiger partial charge is 0.309 e. The van der Waals surface area contributed by atoms with Gasteiger partial charge in [-0.2, -0.15) is 0 Å². The van der Waals surface area contributed by atoms with E-state index in [4.69, 9.17) is 5.11 Å². The van der Waals surface area contributed by atoms with Crippen LogP contribution >= 0.6 is 0 Å². The van der Waals surface area contributed by atoms with E-state index in [1.165, 1.54) is 25.7 Å². The normalized spacial score (nSPS) is 18.3. The average molecular weight is 341 g/mol. The Morgan fingerprint density at radius 3 is 1.62 bits per heavy atom. The van der Waals surface area contributed by atoms with Crippen molar-refractivity contribution < 1.29 is 19.8 Å². The number of hydrogen-bond acceptors (Lipinski definition) is 2. The van der Waals surface area contributed by atoms with Gasteiger partial charge >= 0.3 is 11.9 Å². The quantitative estimate of drug-likeness (QED) is 0.467. The van der Waals surface area contributed by atoms with Crippen molar-refractivity contribution in [3.8, 4) is 0 Å². The first-order chi connectivity index (χ1) is 11.6. The third-order valence-electron chi connectivity index (χ3n) is 5.56. The molecule has 0 aromatic carbocycles. The number of unbranched alkanes of at least 4 members (excludes halogenated alkanes) is 6. The van der Waals surface area contributed by atoms with Gasteiger partial charge in [0.1, 0.15) is 0 Å². The van der Waals surface area contributed by atoms with E-state index in [9.17, 15) is 14.7 Å². The lowest BCUT2D eigenvalue weighted by molar-refractivity contribution is -0.150. The second-order valence-corrected chi connectivity index (χ2v) is 7.58. The van der Waals surface area contributed by atoms with E-state index >= 15 is 0 Å². The summed E-state index contributed by atoms with van der Waals surface area (Å²) in [6, 6.07) is 0. The second-order valence-electron chi connectivity index (χ2n) is 7.58. The average Bonchev–Trinajstić information content (AvgIpc) is 2.65. The molecular formula is C20H36O4. The molecule has 1 aliphatic rings. The summed E-state index contributed by atoms with van der Waals surface area (Å²) in [7, 11) is 0. The maximum Gasteiger partial charge on any atom is 0.309 e. The second kappa shape index (κ2) is 12.3. The van der Waals surface area contributed by atoms with Crippen molar-refractivity contribution in [2.24, 2.45) is 5.41 Å². The van der Waals surface area contributed by atoms with Gasteiger partial charge in [-0.15, -0.1) is 0 Å². The van der Waals surface area contributed by atoms with Crippen molar-refractivity contribution in [2.45, 2.75) is 109 Å². The molecular weight excluding hydrogens is 304 g/mol. The van der Waals surface area contributed by atoms with Crippen LogP contribution in [-0.2, 0) is 9.59 Å². The predicted octanol–water partition coefficient (Wildman–Crippen LogP) is 5.79. The van der Waals surface area contributed by atoms with Crippen molar-refractivity contribution in [3.63, 3.8) is 0 Å². The minimum Gasteiger partial charge on any atom is -0.481 e. The van der Waals surface area contributed by atoms with Gasteiger partial charge in [-0.1, -0.05) is 77.0 Å². The molecule has 0 aliphatic heterocycles. The van der Waals surface area contributed by atoms with Crippen molar-refractivity contribution in [3.05, 3.63) is 0 Å². The van der Waals surface area contributed by atoms with Gasteiger partial charge in [0, 0.05) is 6.42 Å². The molecule has 24 heavy (non-hydrogen) atoms. The number of rotatable bonds is 11. The van der Waals surface area contributed by atoms with Crippen LogP contribution in [0.3, 0.4) is 0 Å². The van der Waals surface area contributed by atoms with Gasteiger partial charge < -0.3 is 10.2 Å². The summed E-state index contributed by atoms with van der Waals surface area (Å²) in [5, 5.41) is 18.4. The molecule has 2 N–H and O–H groups in total. The highest BCUT2D eigenvalue weighted by Crippen LogP contribution is 2.38. The molecule has 0 unspecified atom stereocenters. The fourth-order valence-corrected chi connectivity index (χ4v) is 3.95. The van der Waals surface area contributed by atoms with E-state index in [-0.39, 0.29) is 6.42 Å². The molecule has 0 aromatic rings. The largest absolute Gasteiger partial charge is 0.481 e. The molecule has 140 valence electrons. The number of carboxylic acids is 2. The standard InChI is InChI=1S/C20H36O4/c21-18(22)14-10-6-2-1-3-7-11-15-20(19(23)24)16-12-8-4-5-9-13-17-20/h1-17H2,(H,21,22)(H,23,24). The molecule has 0 heterocycles. The van der Waals surface area contributed by atoms with E-state index in [0.717, 1.165) is 77.0 Å². The first-order valence-corrected chi connectivity index (χ1v) is 10.0. The highest BCUT2D eigenvalue weighted by Gasteiger charge is 2.36. The fraction of sp³-hybridized carbons (Fsp3) is 0.900. The maximum absolute atomic E-state index is 11.9. The Labute approximate surface area is 147 Å². The summed E-state index contributed by atoms with van der Waals surface area (Å²) in [5.74, 6) is -1.28. The van der Waals surface area contributed by atoms with Crippen LogP contribution in [0.4, 0.5) is 0 Å². The van der Waals surface area contributed by atoms with Gasteiger partial charge in [0.05, 0.1) is 5.41 Å². The fourth-order valence-electron chi connectivity index (χ4n) is 3.95. The Morgan fingerprint density at radius 2 is 1.12 bits per heavy atom. The Bertz CT molecular complexity index is 355. The Kier molecular flexibility index (Phi) is 10.8. The van der Waals surface area contributed by atoms with Crippen molar-refractivity contribution in [1.29, 1.82) is 0 Å². The van der Waals surface area contributed by atoms with Crippen LogP contribution < -0.4 is 0 Å². The molecule has 1 rings (SSSR count). The monoisotopic (exact) mass is 340 g/mol. The maximum atomic E-state index is 11.9.